The Morgan fingerprint density at radius 3 is 2.67 bits per heavy atom. The lowest BCUT2D eigenvalue weighted by Crippen LogP contribution is -2.35. The second-order valence-electron chi connectivity index (χ2n) is 7.22. The number of carbonyl (C=O) groups is 1. The molecule has 1 aromatic carbocycles. The molecule has 1 saturated heterocycles. The van der Waals surface area contributed by atoms with Gasteiger partial charge in [-0.15, -0.1) is 0 Å². The number of piperidine rings is 1. The maximum atomic E-state index is 13.2. The molecular weight excluding hydrogens is 410 g/mol. The molecule has 3 rings (SSSR count). The molecule has 1 aliphatic rings. The molecule has 2 heterocycles. The highest BCUT2D eigenvalue weighted by atomic mass is 32.2. The maximum absolute atomic E-state index is 13.2. The summed E-state index contributed by atoms with van der Waals surface area (Å²) in [5.74, 6) is 0.109. The van der Waals surface area contributed by atoms with Crippen LogP contribution >= 0.6 is 0 Å². The van der Waals surface area contributed by atoms with E-state index >= 15 is 0 Å². The van der Waals surface area contributed by atoms with E-state index in [0.717, 1.165) is 12.8 Å². The van der Waals surface area contributed by atoms with Gasteiger partial charge in [-0.2, -0.15) is 0 Å². The fourth-order valence-electron chi connectivity index (χ4n) is 3.48. The van der Waals surface area contributed by atoms with Crippen molar-refractivity contribution in [2.24, 2.45) is 5.92 Å². The monoisotopic (exact) mass is 435 g/mol. The van der Waals surface area contributed by atoms with E-state index in [-0.39, 0.29) is 21.9 Å². The zero-order valence-electron chi connectivity index (χ0n) is 17.1. The number of benzene rings is 1. The van der Waals surface area contributed by atoms with Crippen LogP contribution in [0.3, 0.4) is 0 Å². The lowest BCUT2D eigenvalue weighted by molar-refractivity contribution is 0.0696. The van der Waals surface area contributed by atoms with Gasteiger partial charge < -0.3 is 19.5 Å². The molecule has 0 aliphatic carbocycles. The first kappa shape index (κ1) is 21.7. The SMILES string of the molecule is COc1ccc(OC)c(S(=O)(=O)Nc2cc(C(=O)O)cnc2N2CCCC(C)C2)c1. The van der Waals surface area contributed by atoms with Crippen LogP contribution in [0.4, 0.5) is 11.5 Å². The fourth-order valence-corrected chi connectivity index (χ4v) is 4.71. The zero-order valence-corrected chi connectivity index (χ0v) is 17.9. The Labute approximate surface area is 175 Å². The van der Waals surface area contributed by atoms with Crippen molar-refractivity contribution in [2.45, 2.75) is 24.7 Å². The second kappa shape index (κ2) is 8.78. The van der Waals surface area contributed by atoms with Gasteiger partial charge in [-0.05, 0) is 37.0 Å². The number of nitrogens with one attached hydrogen (secondary N) is 1. The summed E-state index contributed by atoms with van der Waals surface area (Å²) >= 11 is 0. The highest BCUT2D eigenvalue weighted by Gasteiger charge is 2.26. The van der Waals surface area contributed by atoms with Gasteiger partial charge in [-0.1, -0.05) is 6.92 Å². The van der Waals surface area contributed by atoms with Crippen molar-refractivity contribution in [3.05, 3.63) is 36.0 Å². The molecule has 2 aromatic rings. The van der Waals surface area contributed by atoms with Crippen LogP contribution in [0, 0.1) is 5.92 Å². The third-order valence-corrected chi connectivity index (χ3v) is 6.36. The highest BCUT2D eigenvalue weighted by molar-refractivity contribution is 7.92. The normalized spacial score (nSPS) is 16.8. The van der Waals surface area contributed by atoms with Crippen molar-refractivity contribution in [1.29, 1.82) is 0 Å². The molecule has 0 bridgehead atoms. The van der Waals surface area contributed by atoms with Crippen LogP contribution in [-0.4, -0.2) is 51.8 Å². The summed E-state index contributed by atoms with van der Waals surface area (Å²) in [5, 5.41) is 9.35. The van der Waals surface area contributed by atoms with Crippen LogP contribution in [0.25, 0.3) is 0 Å². The number of pyridine rings is 1. The summed E-state index contributed by atoms with van der Waals surface area (Å²) in [6, 6.07) is 5.71. The summed E-state index contributed by atoms with van der Waals surface area (Å²) in [7, 11) is -1.32. The van der Waals surface area contributed by atoms with Crippen LogP contribution in [0.5, 0.6) is 11.5 Å². The lowest BCUT2D eigenvalue weighted by atomic mass is 10.0. The molecule has 1 fully saturated rings. The van der Waals surface area contributed by atoms with Crippen molar-refractivity contribution in [1.82, 2.24) is 4.98 Å². The third-order valence-electron chi connectivity index (χ3n) is 4.97. The van der Waals surface area contributed by atoms with E-state index in [1.165, 1.54) is 38.6 Å². The minimum atomic E-state index is -4.12. The van der Waals surface area contributed by atoms with E-state index in [1.54, 1.807) is 6.07 Å². The first-order valence-corrected chi connectivity index (χ1v) is 11.0. The van der Waals surface area contributed by atoms with Gasteiger partial charge in [0.25, 0.3) is 10.0 Å². The van der Waals surface area contributed by atoms with Crippen molar-refractivity contribution in [3.8, 4) is 11.5 Å². The number of aromatic carboxylic acids is 1. The number of ether oxygens (including phenoxy) is 2. The number of hydrogen-bond donors (Lipinski definition) is 2. The standard InChI is InChI=1S/C20H25N3O6S/c1-13-5-4-8-23(12-13)19-16(9-14(11-21-19)20(24)25)22-30(26,27)18-10-15(28-2)6-7-17(18)29-3/h6-7,9-11,13,22H,4-5,8,12H2,1-3H3,(H,24,25). The number of aromatic nitrogens is 1. The van der Waals surface area contributed by atoms with E-state index in [9.17, 15) is 18.3 Å². The Balaban J connectivity index is 2.06. The van der Waals surface area contributed by atoms with Crippen molar-refractivity contribution in [3.63, 3.8) is 0 Å². The second-order valence-corrected chi connectivity index (χ2v) is 8.87. The predicted octanol–water partition coefficient (Wildman–Crippen LogP) is 2.83. The molecule has 1 aliphatic heterocycles. The van der Waals surface area contributed by atoms with E-state index in [4.69, 9.17) is 9.47 Å². The largest absolute Gasteiger partial charge is 0.497 e. The maximum Gasteiger partial charge on any atom is 0.337 e. The van der Waals surface area contributed by atoms with E-state index in [1.807, 2.05) is 4.90 Å². The van der Waals surface area contributed by atoms with Gasteiger partial charge in [-0.3, -0.25) is 4.72 Å². The summed E-state index contributed by atoms with van der Waals surface area (Å²) < 4.78 is 39.2. The van der Waals surface area contributed by atoms with Crippen molar-refractivity contribution < 1.29 is 27.8 Å². The minimum absolute atomic E-state index is 0.105. The van der Waals surface area contributed by atoms with Gasteiger partial charge in [0.2, 0.25) is 0 Å². The number of anilines is 2. The minimum Gasteiger partial charge on any atom is -0.497 e. The number of rotatable bonds is 7. The summed E-state index contributed by atoms with van der Waals surface area (Å²) in [6.45, 7) is 3.53. The topological polar surface area (TPSA) is 118 Å². The lowest BCUT2D eigenvalue weighted by Gasteiger charge is -2.33. The molecule has 162 valence electrons. The van der Waals surface area contributed by atoms with Gasteiger partial charge >= 0.3 is 5.97 Å². The van der Waals surface area contributed by atoms with Crippen molar-refractivity contribution >= 4 is 27.5 Å². The third kappa shape index (κ3) is 4.59. The first-order valence-electron chi connectivity index (χ1n) is 9.48. The van der Waals surface area contributed by atoms with E-state index in [2.05, 4.69) is 16.6 Å². The molecule has 10 heteroatoms. The van der Waals surface area contributed by atoms with Crippen molar-refractivity contribution in [2.75, 3.05) is 36.9 Å². The quantitative estimate of drug-likeness (QED) is 0.682. The predicted molar refractivity (Wildman–Crippen MR) is 112 cm³/mol. The van der Waals surface area contributed by atoms with Crippen LogP contribution in [0.15, 0.2) is 35.4 Å². The van der Waals surface area contributed by atoms with Gasteiger partial charge in [0.05, 0.1) is 25.5 Å². The Kier molecular flexibility index (Phi) is 6.35. The summed E-state index contributed by atoms with van der Waals surface area (Å²) in [4.78, 5) is 17.6. The Hall–Kier alpha value is -3.01. The Morgan fingerprint density at radius 1 is 1.27 bits per heavy atom. The molecule has 1 aromatic heterocycles. The molecule has 2 N–H and O–H groups in total. The Bertz CT molecular complexity index is 1040. The molecule has 0 amide bonds. The number of hydrogen-bond acceptors (Lipinski definition) is 7. The number of sulfonamides is 1. The molecule has 1 atom stereocenters. The average Bonchev–Trinajstić information content (AvgIpc) is 2.72. The van der Waals surface area contributed by atoms with Crippen LogP contribution < -0.4 is 19.1 Å². The number of carboxylic acid groups (broad SMARTS) is 1. The molecule has 0 saturated carbocycles. The smallest absolute Gasteiger partial charge is 0.337 e. The molecule has 30 heavy (non-hydrogen) atoms. The molecule has 1 unspecified atom stereocenters. The molecule has 0 radical (unpaired) electrons. The van der Waals surface area contributed by atoms with Gasteiger partial charge in [0, 0.05) is 25.4 Å². The van der Waals surface area contributed by atoms with Gasteiger partial charge in [-0.25, -0.2) is 18.2 Å². The summed E-state index contributed by atoms with van der Waals surface area (Å²) in [6.07, 6.45) is 3.26. The van der Waals surface area contributed by atoms with Gasteiger partial charge in [0.15, 0.2) is 5.82 Å². The average molecular weight is 436 g/mol. The van der Waals surface area contributed by atoms with Crippen LogP contribution in [0.2, 0.25) is 0 Å². The van der Waals surface area contributed by atoms with Crippen LogP contribution in [-0.2, 0) is 10.0 Å². The number of methoxy groups -OCH3 is 2. The Morgan fingerprint density at radius 2 is 2.03 bits per heavy atom. The molecule has 9 nitrogen and oxygen atoms in total. The number of carboxylic acids is 1. The fraction of sp³-hybridized carbons (Fsp3) is 0.400. The number of nitrogens with zero attached hydrogens (tertiary/aromatic N) is 2. The zero-order chi connectivity index (χ0) is 21.9. The highest BCUT2D eigenvalue weighted by Crippen LogP contribution is 2.33. The molecule has 0 spiro atoms. The van der Waals surface area contributed by atoms with Crippen LogP contribution in [0.1, 0.15) is 30.1 Å². The van der Waals surface area contributed by atoms with E-state index < -0.39 is 16.0 Å². The van der Waals surface area contributed by atoms with E-state index in [0.29, 0.717) is 30.6 Å². The van der Waals surface area contributed by atoms with Gasteiger partial charge in [0.1, 0.15) is 16.4 Å². The molecular formula is C20H25N3O6S. The summed E-state index contributed by atoms with van der Waals surface area (Å²) in [5.41, 5.74) is -0.00649. The first-order chi connectivity index (χ1) is 14.2.